The standard InChI is InChI=1S/C18H26ClN3O3/c1-14-13-15(6-7-16(14)19)25-12-4-5-17(23)21-8-10-22(11-9-21)18(24)20(2)3/h6-7,13H,4-5,8-12H2,1-3H3. The summed E-state index contributed by atoms with van der Waals surface area (Å²) in [7, 11) is 3.48. The number of benzene rings is 1. The van der Waals surface area contributed by atoms with Crippen LogP contribution in [0.4, 0.5) is 4.79 Å². The lowest BCUT2D eigenvalue weighted by molar-refractivity contribution is -0.132. The monoisotopic (exact) mass is 367 g/mol. The van der Waals surface area contributed by atoms with Crippen LogP contribution in [0.5, 0.6) is 5.75 Å². The molecule has 0 atom stereocenters. The van der Waals surface area contributed by atoms with E-state index in [-0.39, 0.29) is 11.9 Å². The fourth-order valence-electron chi connectivity index (χ4n) is 2.71. The molecule has 138 valence electrons. The van der Waals surface area contributed by atoms with Crippen molar-refractivity contribution in [1.82, 2.24) is 14.7 Å². The third-order valence-corrected chi connectivity index (χ3v) is 4.64. The van der Waals surface area contributed by atoms with Crippen molar-refractivity contribution < 1.29 is 14.3 Å². The Bertz CT molecular complexity index is 614. The van der Waals surface area contributed by atoms with E-state index in [2.05, 4.69) is 0 Å². The molecule has 0 aromatic heterocycles. The van der Waals surface area contributed by atoms with Gasteiger partial charge in [-0.3, -0.25) is 4.79 Å². The van der Waals surface area contributed by atoms with Crippen molar-refractivity contribution in [3.05, 3.63) is 28.8 Å². The zero-order chi connectivity index (χ0) is 18.4. The van der Waals surface area contributed by atoms with Crippen LogP contribution in [0.1, 0.15) is 18.4 Å². The summed E-state index contributed by atoms with van der Waals surface area (Å²) in [6.45, 7) is 4.78. The first-order chi connectivity index (χ1) is 11.9. The molecule has 0 bridgehead atoms. The zero-order valence-corrected chi connectivity index (χ0v) is 15.9. The maximum atomic E-state index is 12.3. The maximum Gasteiger partial charge on any atom is 0.319 e. The van der Waals surface area contributed by atoms with Crippen molar-refractivity contribution in [2.24, 2.45) is 0 Å². The smallest absolute Gasteiger partial charge is 0.319 e. The molecule has 1 heterocycles. The minimum atomic E-state index is -0.00115. The summed E-state index contributed by atoms with van der Waals surface area (Å²) >= 11 is 5.98. The van der Waals surface area contributed by atoms with Gasteiger partial charge in [0.25, 0.3) is 0 Å². The van der Waals surface area contributed by atoms with Crippen LogP contribution in [-0.4, -0.2) is 73.5 Å². The average molecular weight is 368 g/mol. The normalized spacial score (nSPS) is 14.4. The number of halogens is 1. The highest BCUT2D eigenvalue weighted by Gasteiger charge is 2.24. The van der Waals surface area contributed by atoms with E-state index in [1.54, 1.807) is 23.9 Å². The number of piperazine rings is 1. The number of hydrogen-bond donors (Lipinski definition) is 0. The molecule has 25 heavy (non-hydrogen) atoms. The molecule has 0 radical (unpaired) electrons. The minimum Gasteiger partial charge on any atom is -0.494 e. The first-order valence-electron chi connectivity index (χ1n) is 8.51. The van der Waals surface area contributed by atoms with Crippen molar-refractivity contribution in [3.8, 4) is 5.75 Å². The summed E-state index contributed by atoms with van der Waals surface area (Å²) in [6.07, 6.45) is 1.12. The number of aryl methyl sites for hydroxylation is 1. The maximum absolute atomic E-state index is 12.3. The number of ether oxygens (including phenoxy) is 1. The van der Waals surface area contributed by atoms with Gasteiger partial charge in [-0.05, 0) is 37.1 Å². The molecule has 1 saturated heterocycles. The van der Waals surface area contributed by atoms with Crippen LogP contribution in [0.15, 0.2) is 18.2 Å². The molecule has 1 aliphatic heterocycles. The van der Waals surface area contributed by atoms with Crippen LogP contribution in [0.3, 0.4) is 0 Å². The molecule has 3 amide bonds. The SMILES string of the molecule is Cc1cc(OCCCC(=O)N2CCN(C(=O)N(C)C)CC2)ccc1Cl. The van der Waals surface area contributed by atoms with Gasteiger partial charge in [0.15, 0.2) is 0 Å². The fourth-order valence-corrected chi connectivity index (χ4v) is 2.83. The van der Waals surface area contributed by atoms with Gasteiger partial charge in [0.1, 0.15) is 5.75 Å². The molecule has 0 unspecified atom stereocenters. The largest absolute Gasteiger partial charge is 0.494 e. The minimum absolute atomic E-state index is 0.00115. The lowest BCUT2D eigenvalue weighted by Gasteiger charge is -2.36. The van der Waals surface area contributed by atoms with Crippen molar-refractivity contribution in [1.29, 1.82) is 0 Å². The highest BCUT2D eigenvalue weighted by molar-refractivity contribution is 6.31. The van der Waals surface area contributed by atoms with E-state index in [0.717, 1.165) is 16.3 Å². The fraction of sp³-hybridized carbons (Fsp3) is 0.556. The van der Waals surface area contributed by atoms with Crippen molar-refractivity contribution in [3.63, 3.8) is 0 Å². The highest BCUT2D eigenvalue weighted by Crippen LogP contribution is 2.21. The van der Waals surface area contributed by atoms with Crippen LogP contribution in [0, 0.1) is 6.92 Å². The number of amides is 3. The Kier molecular flexibility index (Phi) is 6.93. The molecule has 1 aromatic carbocycles. The van der Waals surface area contributed by atoms with E-state index in [9.17, 15) is 9.59 Å². The van der Waals surface area contributed by atoms with Crippen LogP contribution < -0.4 is 4.74 Å². The van der Waals surface area contributed by atoms with Crippen LogP contribution in [-0.2, 0) is 4.79 Å². The van der Waals surface area contributed by atoms with E-state index >= 15 is 0 Å². The summed E-state index contributed by atoms with van der Waals surface area (Å²) in [5, 5.41) is 0.717. The number of nitrogens with zero attached hydrogens (tertiary/aromatic N) is 3. The van der Waals surface area contributed by atoms with Gasteiger partial charge >= 0.3 is 6.03 Å². The third kappa shape index (κ3) is 5.53. The summed E-state index contributed by atoms with van der Waals surface area (Å²) in [5.41, 5.74) is 0.973. The van der Waals surface area contributed by atoms with Crippen molar-refractivity contribution >= 4 is 23.5 Å². The van der Waals surface area contributed by atoms with Gasteiger partial charge < -0.3 is 19.4 Å². The molecule has 1 fully saturated rings. The molecule has 1 aliphatic rings. The van der Waals surface area contributed by atoms with Gasteiger partial charge in [0, 0.05) is 51.7 Å². The Labute approximate surface area is 154 Å². The lowest BCUT2D eigenvalue weighted by atomic mass is 10.2. The molecule has 0 saturated carbocycles. The van der Waals surface area contributed by atoms with Crippen LogP contribution in [0.2, 0.25) is 5.02 Å². The average Bonchev–Trinajstić information content (AvgIpc) is 2.61. The van der Waals surface area contributed by atoms with Gasteiger partial charge in [0.2, 0.25) is 5.91 Å². The topological polar surface area (TPSA) is 53.1 Å². The third-order valence-electron chi connectivity index (χ3n) is 4.22. The van der Waals surface area contributed by atoms with E-state index in [1.165, 1.54) is 0 Å². The van der Waals surface area contributed by atoms with E-state index in [1.807, 2.05) is 30.0 Å². The highest BCUT2D eigenvalue weighted by atomic mass is 35.5. The lowest BCUT2D eigenvalue weighted by Crippen LogP contribution is -2.52. The Hall–Kier alpha value is -1.95. The summed E-state index contributed by atoms with van der Waals surface area (Å²) in [6, 6.07) is 5.54. The second-order valence-electron chi connectivity index (χ2n) is 6.41. The second-order valence-corrected chi connectivity index (χ2v) is 6.82. The van der Waals surface area contributed by atoms with Crippen LogP contribution in [0.25, 0.3) is 0 Å². The molecule has 1 aromatic rings. The van der Waals surface area contributed by atoms with Gasteiger partial charge in [-0.25, -0.2) is 4.79 Å². The molecule has 6 nitrogen and oxygen atoms in total. The van der Waals surface area contributed by atoms with Crippen LogP contribution >= 0.6 is 11.6 Å². The Morgan fingerprint density at radius 3 is 2.40 bits per heavy atom. The van der Waals surface area contributed by atoms with Gasteiger partial charge in [0.05, 0.1) is 6.61 Å². The van der Waals surface area contributed by atoms with E-state index in [4.69, 9.17) is 16.3 Å². The number of rotatable bonds is 5. The molecule has 0 aliphatic carbocycles. The quantitative estimate of drug-likeness (QED) is 0.752. The van der Waals surface area contributed by atoms with E-state index < -0.39 is 0 Å². The predicted octanol–water partition coefficient (Wildman–Crippen LogP) is 2.63. The number of hydrogen-bond acceptors (Lipinski definition) is 3. The summed E-state index contributed by atoms with van der Waals surface area (Å²) in [5.74, 6) is 0.887. The Morgan fingerprint density at radius 1 is 1.16 bits per heavy atom. The first kappa shape index (κ1) is 19.4. The molecular formula is C18H26ClN3O3. The van der Waals surface area contributed by atoms with Gasteiger partial charge in [-0.1, -0.05) is 11.6 Å². The van der Waals surface area contributed by atoms with Gasteiger partial charge in [-0.15, -0.1) is 0 Å². The Balaban J connectivity index is 1.67. The van der Waals surface area contributed by atoms with Crippen molar-refractivity contribution in [2.75, 3.05) is 46.9 Å². The number of urea groups is 1. The predicted molar refractivity (Wildman–Crippen MR) is 98.2 cm³/mol. The second kappa shape index (κ2) is 8.94. The molecule has 0 spiro atoms. The van der Waals surface area contributed by atoms with Gasteiger partial charge in [-0.2, -0.15) is 0 Å². The zero-order valence-electron chi connectivity index (χ0n) is 15.1. The van der Waals surface area contributed by atoms with E-state index in [0.29, 0.717) is 45.6 Å². The molecular weight excluding hydrogens is 342 g/mol. The summed E-state index contributed by atoms with van der Waals surface area (Å²) < 4.78 is 5.67. The number of carbonyl (C=O) groups is 2. The summed E-state index contributed by atoms with van der Waals surface area (Å²) in [4.78, 5) is 29.3. The van der Waals surface area contributed by atoms with Crippen molar-refractivity contribution in [2.45, 2.75) is 19.8 Å². The first-order valence-corrected chi connectivity index (χ1v) is 8.89. The number of carbonyl (C=O) groups excluding carboxylic acids is 2. The molecule has 2 rings (SSSR count). The molecule has 7 heteroatoms. The molecule has 0 N–H and O–H groups in total. The Morgan fingerprint density at radius 2 is 1.80 bits per heavy atom.